The fourth-order valence-electron chi connectivity index (χ4n) is 4.79. The van der Waals surface area contributed by atoms with Crippen molar-refractivity contribution in [3.05, 3.63) is 136 Å². The minimum absolute atomic E-state index is 0.0446. The summed E-state index contributed by atoms with van der Waals surface area (Å²) in [6, 6.07) is 27.5. The summed E-state index contributed by atoms with van der Waals surface area (Å²) in [7, 11) is 1.37. The predicted octanol–water partition coefficient (Wildman–Crippen LogP) is 7.22. The highest BCUT2D eigenvalue weighted by Gasteiger charge is 2.16. The Kier molecular flexibility index (Phi) is 7.70. The molecule has 0 aliphatic carbocycles. The molecule has 0 bridgehead atoms. The van der Waals surface area contributed by atoms with Crippen molar-refractivity contribution in [1.29, 1.82) is 0 Å². The van der Waals surface area contributed by atoms with Gasteiger partial charge in [-0.25, -0.2) is 19.2 Å². The summed E-state index contributed by atoms with van der Waals surface area (Å²) < 4.78 is 26.9. The summed E-state index contributed by atoms with van der Waals surface area (Å²) >= 11 is 5.84. The number of nitrogens with one attached hydrogen (secondary N) is 1. The number of hydrogen-bond acceptors (Lipinski definition) is 5. The molecule has 210 valence electrons. The first-order valence-corrected chi connectivity index (χ1v) is 13.7. The van der Waals surface area contributed by atoms with Crippen LogP contribution < -0.4 is 4.74 Å². The molecule has 1 N–H and O–H groups in total. The van der Waals surface area contributed by atoms with Crippen LogP contribution in [0.4, 0.5) is 4.39 Å². The number of fused-ring (bicyclic) bond motifs is 1. The van der Waals surface area contributed by atoms with Gasteiger partial charge in [0.15, 0.2) is 0 Å². The second-order valence-electron chi connectivity index (χ2n) is 9.76. The van der Waals surface area contributed by atoms with Crippen LogP contribution in [-0.2, 0) is 24.3 Å². The van der Waals surface area contributed by atoms with Crippen molar-refractivity contribution in [1.82, 2.24) is 19.5 Å². The van der Waals surface area contributed by atoms with Gasteiger partial charge in [-0.1, -0.05) is 48.0 Å². The van der Waals surface area contributed by atoms with Gasteiger partial charge < -0.3 is 19.0 Å². The predicted molar refractivity (Wildman–Crippen MR) is 159 cm³/mol. The lowest BCUT2D eigenvalue weighted by Crippen LogP contribution is -2.07. The highest BCUT2D eigenvalue weighted by molar-refractivity contribution is 6.30. The van der Waals surface area contributed by atoms with Gasteiger partial charge in [-0.2, -0.15) is 0 Å². The number of aromatic amines is 1. The number of carbonyl (C=O) groups excluding carboxylic acids is 1. The normalized spacial score (nSPS) is 11.1. The first-order chi connectivity index (χ1) is 20.5. The van der Waals surface area contributed by atoms with Crippen LogP contribution >= 0.6 is 11.6 Å². The molecule has 0 fully saturated rings. The Hall–Kier alpha value is -4.95. The number of H-pyrrole nitrogens is 1. The highest BCUT2D eigenvalue weighted by Crippen LogP contribution is 2.25. The van der Waals surface area contributed by atoms with Crippen molar-refractivity contribution in [2.75, 3.05) is 7.11 Å². The van der Waals surface area contributed by atoms with Crippen molar-refractivity contribution >= 4 is 28.6 Å². The smallest absolute Gasteiger partial charge is 0.337 e. The number of nitrogens with zero attached hydrogens (tertiary/aromatic N) is 3. The zero-order valence-corrected chi connectivity index (χ0v) is 23.4. The molecule has 0 saturated heterocycles. The molecule has 0 spiro atoms. The van der Waals surface area contributed by atoms with E-state index >= 15 is 0 Å². The Morgan fingerprint density at radius 2 is 1.83 bits per heavy atom. The Labute approximate surface area is 246 Å². The van der Waals surface area contributed by atoms with Gasteiger partial charge in [-0.15, -0.1) is 0 Å². The molecular weight excluding hydrogens is 555 g/mol. The topological polar surface area (TPSA) is 82.0 Å². The van der Waals surface area contributed by atoms with Crippen LogP contribution in [-0.4, -0.2) is 32.6 Å². The number of halogens is 2. The molecule has 6 rings (SSSR count). The standard InChI is InChI=1S/C33H26ClFN4O3/c1-41-33(40)23-12-14-29-30(17-23)39(19-26-4-3-15-36-26)31(37-29)16-21-7-9-22(10-8-21)28-5-2-6-32(38-28)42-20-24-11-13-25(34)18-27(24)35/h2-15,17-18,36H,16,19-20H2,1H3. The summed E-state index contributed by atoms with van der Waals surface area (Å²) in [5.74, 6) is 0.467. The third-order valence-corrected chi connectivity index (χ3v) is 7.20. The van der Waals surface area contributed by atoms with Crippen LogP contribution in [0.3, 0.4) is 0 Å². The van der Waals surface area contributed by atoms with Crippen molar-refractivity contribution in [3.8, 4) is 17.1 Å². The number of ether oxygens (including phenoxy) is 2. The van der Waals surface area contributed by atoms with E-state index in [4.69, 9.17) is 26.1 Å². The minimum atomic E-state index is -0.417. The minimum Gasteiger partial charge on any atom is -0.473 e. The number of pyridine rings is 1. The average molecular weight is 581 g/mol. The molecule has 3 aromatic heterocycles. The van der Waals surface area contributed by atoms with E-state index in [1.807, 2.05) is 66.9 Å². The molecule has 0 saturated carbocycles. The number of esters is 1. The summed E-state index contributed by atoms with van der Waals surface area (Å²) in [5.41, 5.74) is 6.31. The first-order valence-electron chi connectivity index (χ1n) is 13.3. The monoisotopic (exact) mass is 580 g/mol. The SMILES string of the molecule is COC(=O)c1ccc2nc(Cc3ccc(-c4cccc(OCc5ccc(Cl)cc5F)n4)cc3)n(Cc3ccc[nH]3)c2c1. The maximum atomic E-state index is 14.1. The molecule has 0 aliphatic heterocycles. The Morgan fingerprint density at radius 3 is 2.60 bits per heavy atom. The van der Waals surface area contributed by atoms with E-state index in [0.29, 0.717) is 35.0 Å². The van der Waals surface area contributed by atoms with Gasteiger partial charge in [0.2, 0.25) is 5.88 Å². The van der Waals surface area contributed by atoms with Gasteiger partial charge in [0.1, 0.15) is 18.2 Å². The number of aromatic nitrogens is 4. The van der Waals surface area contributed by atoms with Crippen molar-refractivity contribution < 1.29 is 18.7 Å². The molecular formula is C33H26ClFN4O3. The molecule has 3 heterocycles. The summed E-state index contributed by atoms with van der Waals surface area (Å²) in [6.07, 6.45) is 2.48. The van der Waals surface area contributed by atoms with Gasteiger partial charge in [-0.05, 0) is 54.1 Å². The van der Waals surface area contributed by atoms with Crippen LogP contribution in [0.25, 0.3) is 22.3 Å². The third-order valence-electron chi connectivity index (χ3n) is 6.97. The van der Waals surface area contributed by atoms with Crippen LogP contribution in [0.1, 0.15) is 33.0 Å². The Bertz CT molecular complexity index is 1870. The van der Waals surface area contributed by atoms with E-state index in [0.717, 1.165) is 39.4 Å². The number of imidazole rings is 1. The molecule has 6 aromatic rings. The number of carbonyl (C=O) groups is 1. The fraction of sp³-hybridized carbons (Fsp3) is 0.121. The molecule has 42 heavy (non-hydrogen) atoms. The summed E-state index contributed by atoms with van der Waals surface area (Å²) in [4.78, 5) is 24.9. The second-order valence-corrected chi connectivity index (χ2v) is 10.2. The lowest BCUT2D eigenvalue weighted by molar-refractivity contribution is 0.0601. The molecule has 0 aliphatic rings. The van der Waals surface area contributed by atoms with E-state index in [2.05, 4.69) is 14.5 Å². The van der Waals surface area contributed by atoms with Crippen molar-refractivity contribution in [2.45, 2.75) is 19.6 Å². The fourth-order valence-corrected chi connectivity index (χ4v) is 4.95. The van der Waals surface area contributed by atoms with Gasteiger partial charge in [-0.3, -0.25) is 0 Å². The van der Waals surface area contributed by atoms with Gasteiger partial charge >= 0.3 is 5.97 Å². The lowest BCUT2D eigenvalue weighted by Gasteiger charge is -2.10. The zero-order valence-electron chi connectivity index (χ0n) is 22.7. The van der Waals surface area contributed by atoms with Gasteiger partial charge in [0.25, 0.3) is 0 Å². The Morgan fingerprint density at radius 1 is 0.976 bits per heavy atom. The van der Waals surface area contributed by atoms with E-state index in [-0.39, 0.29) is 12.6 Å². The quantitative estimate of drug-likeness (QED) is 0.183. The zero-order chi connectivity index (χ0) is 29.1. The largest absolute Gasteiger partial charge is 0.473 e. The molecule has 0 unspecified atom stereocenters. The lowest BCUT2D eigenvalue weighted by atomic mass is 10.1. The molecule has 9 heteroatoms. The molecule has 0 amide bonds. The van der Waals surface area contributed by atoms with Crippen molar-refractivity contribution in [2.24, 2.45) is 0 Å². The summed E-state index contributed by atoms with van der Waals surface area (Å²) in [5, 5.41) is 0.338. The van der Waals surface area contributed by atoms with Crippen LogP contribution in [0.5, 0.6) is 5.88 Å². The molecule has 3 aromatic carbocycles. The van der Waals surface area contributed by atoms with E-state index in [9.17, 15) is 9.18 Å². The van der Waals surface area contributed by atoms with Gasteiger partial charge in [0, 0.05) is 40.5 Å². The summed E-state index contributed by atoms with van der Waals surface area (Å²) in [6.45, 7) is 0.626. The number of methoxy groups -OCH3 is 1. The number of benzene rings is 3. The Balaban J connectivity index is 1.22. The maximum absolute atomic E-state index is 14.1. The van der Waals surface area contributed by atoms with Crippen LogP contribution in [0.15, 0.2) is 97.2 Å². The first kappa shape index (κ1) is 27.2. The second kappa shape index (κ2) is 11.9. The van der Waals surface area contributed by atoms with E-state index < -0.39 is 5.82 Å². The van der Waals surface area contributed by atoms with E-state index in [1.54, 1.807) is 24.3 Å². The number of hydrogen-bond donors (Lipinski definition) is 1. The highest BCUT2D eigenvalue weighted by atomic mass is 35.5. The molecule has 0 radical (unpaired) electrons. The third kappa shape index (κ3) is 5.89. The van der Waals surface area contributed by atoms with Gasteiger partial charge in [0.05, 0.1) is 35.9 Å². The van der Waals surface area contributed by atoms with Crippen LogP contribution in [0.2, 0.25) is 5.02 Å². The van der Waals surface area contributed by atoms with Crippen LogP contribution in [0, 0.1) is 5.82 Å². The maximum Gasteiger partial charge on any atom is 0.337 e. The molecule has 7 nitrogen and oxygen atoms in total. The number of rotatable bonds is 9. The average Bonchev–Trinajstić information content (AvgIpc) is 3.64. The van der Waals surface area contributed by atoms with Crippen molar-refractivity contribution in [3.63, 3.8) is 0 Å². The molecule has 0 atom stereocenters. The van der Waals surface area contributed by atoms with E-state index in [1.165, 1.54) is 13.2 Å².